The molecule has 0 bridgehead atoms. The van der Waals surface area contributed by atoms with Crippen molar-refractivity contribution in [3.8, 4) is 28.3 Å². The van der Waals surface area contributed by atoms with Crippen molar-refractivity contribution in [2.75, 3.05) is 0 Å². The SMILES string of the molecule is CCCCc1cn(-c2c(C(C)C)cnn2C(C)C)c(=O)n1Cc1cc(-c2cccc(-c3nn[nH]n3)c2)ccn1. The first-order valence-corrected chi connectivity index (χ1v) is 13.5. The van der Waals surface area contributed by atoms with Gasteiger partial charge in [-0.1, -0.05) is 45.4 Å². The van der Waals surface area contributed by atoms with Crippen molar-refractivity contribution in [1.82, 2.24) is 44.5 Å². The fraction of sp³-hybridized carbons (Fsp3) is 0.379. The van der Waals surface area contributed by atoms with Gasteiger partial charge in [-0.3, -0.25) is 14.1 Å². The van der Waals surface area contributed by atoms with Crippen molar-refractivity contribution in [3.05, 3.63) is 82.4 Å². The summed E-state index contributed by atoms with van der Waals surface area (Å²) in [5.74, 6) is 1.63. The molecular formula is C29H35N9O. The van der Waals surface area contributed by atoms with Crippen LogP contribution in [0.2, 0.25) is 0 Å². The maximum atomic E-state index is 14.0. The van der Waals surface area contributed by atoms with Crippen LogP contribution in [-0.4, -0.2) is 44.5 Å². The number of hydrogen-bond donors (Lipinski definition) is 1. The van der Waals surface area contributed by atoms with Crippen molar-refractivity contribution < 1.29 is 0 Å². The van der Waals surface area contributed by atoms with Crippen LogP contribution >= 0.6 is 0 Å². The average Bonchev–Trinajstić information content (AvgIpc) is 3.68. The Morgan fingerprint density at radius 1 is 1.03 bits per heavy atom. The molecule has 0 saturated carbocycles. The molecule has 10 heteroatoms. The Balaban J connectivity index is 1.54. The molecule has 39 heavy (non-hydrogen) atoms. The molecule has 0 aliphatic heterocycles. The second-order valence-corrected chi connectivity index (χ2v) is 10.4. The molecule has 4 heterocycles. The third-order valence-electron chi connectivity index (χ3n) is 6.92. The fourth-order valence-electron chi connectivity index (χ4n) is 4.84. The molecule has 0 fully saturated rings. The van der Waals surface area contributed by atoms with Gasteiger partial charge < -0.3 is 0 Å². The number of rotatable bonds is 10. The minimum Gasteiger partial charge on any atom is -0.290 e. The third-order valence-corrected chi connectivity index (χ3v) is 6.92. The van der Waals surface area contributed by atoms with E-state index in [-0.39, 0.29) is 17.6 Å². The summed E-state index contributed by atoms with van der Waals surface area (Å²) in [7, 11) is 0. The zero-order valence-electron chi connectivity index (χ0n) is 23.2. The van der Waals surface area contributed by atoms with Crippen LogP contribution in [-0.2, 0) is 13.0 Å². The van der Waals surface area contributed by atoms with Gasteiger partial charge in [-0.25, -0.2) is 9.48 Å². The van der Waals surface area contributed by atoms with Crippen LogP contribution < -0.4 is 5.69 Å². The van der Waals surface area contributed by atoms with E-state index in [1.54, 1.807) is 10.8 Å². The number of pyridine rings is 1. The molecule has 1 aromatic carbocycles. The Labute approximate surface area is 227 Å². The van der Waals surface area contributed by atoms with E-state index in [0.29, 0.717) is 12.4 Å². The Morgan fingerprint density at radius 2 is 1.82 bits per heavy atom. The molecular weight excluding hydrogens is 490 g/mol. The van der Waals surface area contributed by atoms with Crippen LogP contribution in [0.5, 0.6) is 0 Å². The van der Waals surface area contributed by atoms with Gasteiger partial charge in [0.2, 0.25) is 5.82 Å². The predicted octanol–water partition coefficient (Wildman–Crippen LogP) is 5.17. The number of imidazole rings is 1. The summed E-state index contributed by atoms with van der Waals surface area (Å²) >= 11 is 0. The first-order chi connectivity index (χ1) is 18.9. The molecule has 0 atom stereocenters. The van der Waals surface area contributed by atoms with Gasteiger partial charge in [0.15, 0.2) is 0 Å². The standard InChI is InChI=1S/C29H35N9O/c1-6-7-11-25-18-37(28-26(19(2)3)16-31-38(28)20(4)5)29(39)36(25)17-24-15-22(12-13-30-24)21-9-8-10-23(14-21)27-32-34-35-33-27/h8-10,12-16,18-20H,6-7,11,17H2,1-5H3,(H,32,33,34,35). The topological polar surface area (TPSA) is 112 Å². The molecule has 5 aromatic rings. The summed E-state index contributed by atoms with van der Waals surface area (Å²) < 4.78 is 5.59. The van der Waals surface area contributed by atoms with E-state index in [1.807, 2.05) is 58.0 Å². The summed E-state index contributed by atoms with van der Waals surface area (Å²) in [5, 5.41) is 19.0. The minimum atomic E-state index is -0.0725. The van der Waals surface area contributed by atoms with Gasteiger partial charge in [0, 0.05) is 35.3 Å². The van der Waals surface area contributed by atoms with Crippen LogP contribution in [0.3, 0.4) is 0 Å². The molecule has 0 aliphatic rings. The lowest BCUT2D eigenvalue weighted by Crippen LogP contribution is -2.27. The van der Waals surface area contributed by atoms with Crippen molar-refractivity contribution in [1.29, 1.82) is 0 Å². The number of aromatic amines is 1. The highest BCUT2D eigenvalue weighted by Crippen LogP contribution is 2.27. The van der Waals surface area contributed by atoms with E-state index >= 15 is 0 Å². The number of benzene rings is 1. The van der Waals surface area contributed by atoms with E-state index < -0.39 is 0 Å². The van der Waals surface area contributed by atoms with Gasteiger partial charge in [-0.15, -0.1) is 10.2 Å². The zero-order chi connectivity index (χ0) is 27.5. The predicted molar refractivity (Wildman–Crippen MR) is 151 cm³/mol. The van der Waals surface area contributed by atoms with Crippen molar-refractivity contribution in [3.63, 3.8) is 0 Å². The summed E-state index contributed by atoms with van der Waals surface area (Å²) in [4.78, 5) is 18.6. The number of hydrogen-bond acceptors (Lipinski definition) is 6. The van der Waals surface area contributed by atoms with E-state index in [1.165, 1.54) is 0 Å². The van der Waals surface area contributed by atoms with Crippen molar-refractivity contribution in [2.24, 2.45) is 0 Å². The molecule has 0 amide bonds. The second kappa shape index (κ2) is 11.2. The Bertz CT molecular complexity index is 1580. The molecule has 4 aromatic heterocycles. The normalized spacial score (nSPS) is 11.7. The van der Waals surface area contributed by atoms with Gasteiger partial charge in [-0.2, -0.15) is 10.3 Å². The number of H-pyrrole nitrogens is 1. The number of aromatic nitrogens is 9. The van der Waals surface area contributed by atoms with Crippen LogP contribution in [0.25, 0.3) is 28.3 Å². The number of tetrazole rings is 1. The van der Waals surface area contributed by atoms with Crippen LogP contribution in [0.15, 0.2) is 59.8 Å². The van der Waals surface area contributed by atoms with Gasteiger partial charge in [0.1, 0.15) is 5.82 Å². The quantitative estimate of drug-likeness (QED) is 0.269. The lowest BCUT2D eigenvalue weighted by atomic mass is 10.0. The zero-order valence-corrected chi connectivity index (χ0v) is 23.2. The summed E-state index contributed by atoms with van der Waals surface area (Å²) in [6.45, 7) is 11.0. The smallest absolute Gasteiger partial charge is 0.290 e. The molecule has 0 saturated heterocycles. The molecule has 0 unspecified atom stereocenters. The van der Waals surface area contributed by atoms with Crippen LogP contribution in [0, 0.1) is 0 Å². The van der Waals surface area contributed by atoms with Gasteiger partial charge in [0.25, 0.3) is 0 Å². The molecule has 0 radical (unpaired) electrons. The maximum absolute atomic E-state index is 14.0. The first-order valence-electron chi connectivity index (χ1n) is 13.5. The minimum absolute atomic E-state index is 0.0725. The van der Waals surface area contributed by atoms with Crippen molar-refractivity contribution >= 4 is 0 Å². The van der Waals surface area contributed by atoms with Crippen LogP contribution in [0.4, 0.5) is 0 Å². The molecule has 0 spiro atoms. The lowest BCUT2D eigenvalue weighted by Gasteiger charge is -2.14. The number of aryl methyl sites for hydroxylation is 1. The molecule has 0 aliphatic carbocycles. The first kappa shape index (κ1) is 26.3. The van der Waals surface area contributed by atoms with Gasteiger partial charge in [-0.05, 0) is 67.1 Å². The largest absolute Gasteiger partial charge is 0.334 e. The van der Waals surface area contributed by atoms with E-state index in [0.717, 1.165) is 58.7 Å². The number of nitrogens with one attached hydrogen (secondary N) is 1. The number of unbranched alkanes of at least 4 members (excludes halogenated alkanes) is 1. The highest BCUT2D eigenvalue weighted by molar-refractivity contribution is 5.70. The van der Waals surface area contributed by atoms with Crippen molar-refractivity contribution in [2.45, 2.75) is 72.4 Å². The van der Waals surface area contributed by atoms with Crippen LogP contribution in [0.1, 0.15) is 76.4 Å². The van der Waals surface area contributed by atoms with Gasteiger partial charge in [0.05, 0.1) is 18.4 Å². The monoisotopic (exact) mass is 525 g/mol. The molecule has 10 nitrogen and oxygen atoms in total. The maximum Gasteiger partial charge on any atom is 0.334 e. The summed E-state index contributed by atoms with van der Waals surface area (Å²) in [5.41, 5.74) is 5.70. The molecule has 1 N–H and O–H groups in total. The summed E-state index contributed by atoms with van der Waals surface area (Å²) in [6.07, 6.45) is 8.55. The van der Waals surface area contributed by atoms with E-state index in [4.69, 9.17) is 0 Å². The molecule has 202 valence electrons. The lowest BCUT2D eigenvalue weighted by molar-refractivity contribution is 0.517. The average molecular weight is 526 g/mol. The Kier molecular flexibility index (Phi) is 7.53. The highest BCUT2D eigenvalue weighted by atomic mass is 16.1. The highest BCUT2D eigenvalue weighted by Gasteiger charge is 2.22. The van der Waals surface area contributed by atoms with Gasteiger partial charge >= 0.3 is 5.69 Å². The summed E-state index contributed by atoms with van der Waals surface area (Å²) in [6, 6.07) is 12.1. The third kappa shape index (κ3) is 5.32. The fourth-order valence-corrected chi connectivity index (χ4v) is 4.84. The van der Waals surface area contributed by atoms with E-state index in [2.05, 4.69) is 65.3 Å². The second-order valence-electron chi connectivity index (χ2n) is 10.4. The van der Waals surface area contributed by atoms with E-state index in [9.17, 15) is 4.79 Å². The molecule has 5 rings (SSSR count). The number of nitrogens with zero attached hydrogens (tertiary/aromatic N) is 8. The Morgan fingerprint density at radius 3 is 2.54 bits per heavy atom. The Hall–Kier alpha value is -4.34.